The van der Waals surface area contributed by atoms with Crippen molar-refractivity contribution in [2.24, 2.45) is 11.3 Å². The van der Waals surface area contributed by atoms with Crippen LogP contribution in [0.25, 0.3) is 0 Å². The third-order valence-electron chi connectivity index (χ3n) is 4.35. The number of hydrogen-bond acceptors (Lipinski definition) is 2. The van der Waals surface area contributed by atoms with Crippen LogP contribution in [0, 0.1) is 11.3 Å². The van der Waals surface area contributed by atoms with Crippen LogP contribution in [0.15, 0.2) is 12.2 Å². The number of hydrogen-bond donors (Lipinski definition) is 2. The summed E-state index contributed by atoms with van der Waals surface area (Å²) >= 11 is 0. The molecule has 2 aliphatic carbocycles. The van der Waals surface area contributed by atoms with E-state index in [1.54, 1.807) is 0 Å². The molecule has 0 heterocycles. The lowest BCUT2D eigenvalue weighted by Gasteiger charge is -2.49. The lowest BCUT2D eigenvalue weighted by molar-refractivity contribution is -0.0868. The summed E-state index contributed by atoms with van der Waals surface area (Å²) in [7, 11) is 0. The maximum atomic E-state index is 10.1. The average molecular weight is 210 g/mol. The minimum absolute atomic E-state index is 0.181. The SMILES string of the molecule is CCC1C(O)CC(O)CC12CC=CCC2. The third-order valence-corrected chi connectivity index (χ3v) is 4.35. The maximum Gasteiger partial charge on any atom is 0.0598 e. The number of allylic oxidation sites excluding steroid dienone is 2. The second-order valence-corrected chi connectivity index (χ2v) is 5.25. The molecular formula is C13H22O2. The molecule has 2 nitrogen and oxygen atoms in total. The van der Waals surface area contributed by atoms with Gasteiger partial charge in [0.15, 0.2) is 0 Å². The van der Waals surface area contributed by atoms with Gasteiger partial charge in [-0.2, -0.15) is 0 Å². The third kappa shape index (κ3) is 1.98. The highest BCUT2D eigenvalue weighted by molar-refractivity contribution is 5.05. The monoisotopic (exact) mass is 210 g/mol. The first-order chi connectivity index (χ1) is 7.18. The van der Waals surface area contributed by atoms with Crippen LogP contribution < -0.4 is 0 Å². The van der Waals surface area contributed by atoms with Gasteiger partial charge in [-0.15, -0.1) is 0 Å². The van der Waals surface area contributed by atoms with Gasteiger partial charge in [0.25, 0.3) is 0 Å². The van der Waals surface area contributed by atoms with Crippen molar-refractivity contribution < 1.29 is 10.2 Å². The molecule has 0 aromatic heterocycles. The molecule has 15 heavy (non-hydrogen) atoms. The van der Waals surface area contributed by atoms with E-state index in [1.165, 1.54) is 0 Å². The summed E-state index contributed by atoms with van der Waals surface area (Å²) in [5, 5.41) is 19.9. The van der Waals surface area contributed by atoms with Crippen molar-refractivity contribution in [1.82, 2.24) is 0 Å². The topological polar surface area (TPSA) is 40.5 Å². The van der Waals surface area contributed by atoms with Crippen molar-refractivity contribution >= 4 is 0 Å². The number of rotatable bonds is 1. The fourth-order valence-corrected chi connectivity index (χ4v) is 3.69. The molecule has 2 aliphatic rings. The predicted molar refractivity (Wildman–Crippen MR) is 60.5 cm³/mol. The summed E-state index contributed by atoms with van der Waals surface area (Å²) in [5.74, 6) is 0.380. The zero-order valence-electron chi connectivity index (χ0n) is 9.52. The normalized spacial score (nSPS) is 45.9. The molecule has 0 bridgehead atoms. The summed E-state index contributed by atoms with van der Waals surface area (Å²) in [6.07, 6.45) is 9.63. The molecule has 1 fully saturated rings. The second kappa shape index (κ2) is 4.26. The van der Waals surface area contributed by atoms with Crippen LogP contribution in [-0.2, 0) is 0 Å². The quantitative estimate of drug-likeness (QED) is 0.652. The van der Waals surface area contributed by atoms with Crippen molar-refractivity contribution in [3.05, 3.63) is 12.2 Å². The minimum atomic E-state index is -0.301. The molecule has 0 amide bonds. The standard InChI is InChI=1S/C13H22O2/c1-2-11-12(15)8-10(14)9-13(11)6-4-3-5-7-13/h3-4,10-12,14-15H,2,5-9H2,1H3. The lowest BCUT2D eigenvalue weighted by Crippen LogP contribution is -2.47. The van der Waals surface area contributed by atoms with E-state index in [4.69, 9.17) is 0 Å². The molecular weight excluding hydrogens is 188 g/mol. The van der Waals surface area contributed by atoms with E-state index in [1.807, 2.05) is 0 Å². The van der Waals surface area contributed by atoms with Crippen LogP contribution in [0.3, 0.4) is 0 Å². The molecule has 86 valence electrons. The van der Waals surface area contributed by atoms with Gasteiger partial charge in [-0.25, -0.2) is 0 Å². The molecule has 0 saturated heterocycles. The van der Waals surface area contributed by atoms with Gasteiger partial charge < -0.3 is 10.2 Å². The van der Waals surface area contributed by atoms with Gasteiger partial charge in [-0.05, 0) is 43.4 Å². The average Bonchev–Trinajstić information content (AvgIpc) is 2.18. The Morgan fingerprint density at radius 2 is 2.13 bits per heavy atom. The van der Waals surface area contributed by atoms with Crippen molar-refractivity contribution in [2.75, 3.05) is 0 Å². The molecule has 2 heteroatoms. The van der Waals surface area contributed by atoms with E-state index >= 15 is 0 Å². The van der Waals surface area contributed by atoms with Gasteiger partial charge in [0.2, 0.25) is 0 Å². The van der Waals surface area contributed by atoms with Crippen LogP contribution in [-0.4, -0.2) is 22.4 Å². The Morgan fingerprint density at radius 1 is 1.33 bits per heavy atom. The van der Waals surface area contributed by atoms with Crippen molar-refractivity contribution in [3.8, 4) is 0 Å². The molecule has 0 aliphatic heterocycles. The Hall–Kier alpha value is -0.340. The van der Waals surface area contributed by atoms with Crippen LogP contribution in [0.5, 0.6) is 0 Å². The van der Waals surface area contributed by atoms with E-state index in [2.05, 4.69) is 19.1 Å². The molecule has 2 rings (SSSR count). The highest BCUT2D eigenvalue weighted by atomic mass is 16.3. The van der Waals surface area contributed by atoms with E-state index in [9.17, 15) is 10.2 Å². The summed E-state index contributed by atoms with van der Waals surface area (Å²) in [6, 6.07) is 0. The molecule has 4 unspecified atom stereocenters. The molecule has 0 radical (unpaired) electrons. The first kappa shape index (κ1) is 11.2. The Balaban J connectivity index is 2.21. The molecule has 1 saturated carbocycles. The second-order valence-electron chi connectivity index (χ2n) is 5.25. The van der Waals surface area contributed by atoms with E-state index in [-0.39, 0.29) is 17.6 Å². The molecule has 4 atom stereocenters. The summed E-state index contributed by atoms with van der Waals surface area (Å²) in [5.41, 5.74) is 0.181. The number of aliphatic hydroxyl groups is 2. The zero-order chi connectivity index (χ0) is 10.9. The Bertz CT molecular complexity index is 249. The van der Waals surface area contributed by atoms with E-state index < -0.39 is 0 Å². The first-order valence-corrected chi connectivity index (χ1v) is 6.19. The predicted octanol–water partition coefficient (Wildman–Crippen LogP) is 2.25. The maximum absolute atomic E-state index is 10.1. The van der Waals surface area contributed by atoms with Gasteiger partial charge in [0, 0.05) is 0 Å². The molecule has 2 N–H and O–H groups in total. The summed E-state index contributed by atoms with van der Waals surface area (Å²) < 4.78 is 0. The number of aliphatic hydroxyl groups excluding tert-OH is 2. The van der Waals surface area contributed by atoms with Crippen LogP contribution in [0.4, 0.5) is 0 Å². The van der Waals surface area contributed by atoms with E-state index in [0.29, 0.717) is 12.3 Å². The van der Waals surface area contributed by atoms with Gasteiger partial charge in [-0.3, -0.25) is 0 Å². The first-order valence-electron chi connectivity index (χ1n) is 6.19. The highest BCUT2D eigenvalue weighted by Crippen LogP contribution is 2.50. The van der Waals surface area contributed by atoms with Gasteiger partial charge in [0.1, 0.15) is 0 Å². The Kier molecular flexibility index (Phi) is 3.17. The molecule has 0 aromatic rings. The largest absolute Gasteiger partial charge is 0.393 e. The van der Waals surface area contributed by atoms with Crippen molar-refractivity contribution in [3.63, 3.8) is 0 Å². The van der Waals surface area contributed by atoms with Crippen LogP contribution in [0.2, 0.25) is 0 Å². The van der Waals surface area contributed by atoms with E-state index in [0.717, 1.165) is 32.1 Å². The summed E-state index contributed by atoms with van der Waals surface area (Å²) in [6.45, 7) is 2.16. The van der Waals surface area contributed by atoms with Crippen LogP contribution in [0.1, 0.15) is 45.4 Å². The summed E-state index contributed by atoms with van der Waals surface area (Å²) in [4.78, 5) is 0. The highest BCUT2D eigenvalue weighted by Gasteiger charge is 2.46. The van der Waals surface area contributed by atoms with Crippen molar-refractivity contribution in [1.29, 1.82) is 0 Å². The van der Waals surface area contributed by atoms with Crippen LogP contribution >= 0.6 is 0 Å². The smallest absolute Gasteiger partial charge is 0.0598 e. The Morgan fingerprint density at radius 3 is 2.73 bits per heavy atom. The molecule has 1 spiro atoms. The van der Waals surface area contributed by atoms with Crippen molar-refractivity contribution in [2.45, 2.75) is 57.7 Å². The lowest BCUT2D eigenvalue weighted by atomic mass is 9.58. The van der Waals surface area contributed by atoms with Gasteiger partial charge in [0.05, 0.1) is 12.2 Å². The fraction of sp³-hybridized carbons (Fsp3) is 0.846. The van der Waals surface area contributed by atoms with Gasteiger partial charge >= 0.3 is 0 Å². The minimum Gasteiger partial charge on any atom is -0.393 e. The molecule has 0 aromatic carbocycles. The fourth-order valence-electron chi connectivity index (χ4n) is 3.69. The Labute approximate surface area is 92.0 Å². The van der Waals surface area contributed by atoms with Gasteiger partial charge in [-0.1, -0.05) is 25.5 Å². The zero-order valence-corrected chi connectivity index (χ0v) is 9.52.